The van der Waals surface area contributed by atoms with Gasteiger partial charge in [-0.2, -0.15) is 0 Å². The average Bonchev–Trinajstić information content (AvgIpc) is 2.37. The highest BCUT2D eigenvalue weighted by atomic mass is 16.1. The van der Waals surface area contributed by atoms with Crippen LogP contribution in [-0.2, 0) is 4.79 Å². The maximum atomic E-state index is 10.3. The summed E-state index contributed by atoms with van der Waals surface area (Å²) < 4.78 is 0. The molecule has 0 heterocycles. The molecule has 0 saturated heterocycles. The topological polar surface area (TPSA) is 17.1 Å². The van der Waals surface area contributed by atoms with Crippen molar-refractivity contribution in [3.63, 3.8) is 0 Å². The lowest BCUT2D eigenvalue weighted by atomic mass is 9.66. The molecule has 1 unspecified atom stereocenters. The number of allylic oxidation sites excluding steroid dienone is 9. The summed E-state index contributed by atoms with van der Waals surface area (Å²) in [4.78, 5) is 10.3. The van der Waals surface area contributed by atoms with E-state index in [0.29, 0.717) is 11.3 Å². The van der Waals surface area contributed by atoms with Gasteiger partial charge in [0.05, 0.1) is 0 Å². The zero-order chi connectivity index (χ0) is 15.9. The monoisotopic (exact) mass is 284 g/mol. The third-order valence-electron chi connectivity index (χ3n) is 4.20. The lowest BCUT2D eigenvalue weighted by Crippen LogP contribution is -2.27. The van der Waals surface area contributed by atoms with Crippen LogP contribution in [0.3, 0.4) is 0 Å². The summed E-state index contributed by atoms with van der Waals surface area (Å²) in [6, 6.07) is 0. The molecule has 0 aromatic heterocycles. The highest BCUT2D eigenvalue weighted by Crippen LogP contribution is 2.43. The van der Waals surface area contributed by atoms with Gasteiger partial charge in [0.1, 0.15) is 6.29 Å². The van der Waals surface area contributed by atoms with Crippen LogP contribution in [0.2, 0.25) is 0 Å². The Morgan fingerprint density at radius 3 is 2.48 bits per heavy atom. The number of rotatable bonds is 5. The lowest BCUT2D eigenvalue weighted by Gasteiger charge is -2.38. The van der Waals surface area contributed by atoms with Gasteiger partial charge in [-0.15, -0.1) is 0 Å². The first kappa shape index (κ1) is 17.4. The fraction of sp³-hybridized carbons (Fsp3) is 0.450. The van der Waals surface area contributed by atoms with Gasteiger partial charge in [0.15, 0.2) is 0 Å². The zero-order valence-electron chi connectivity index (χ0n) is 13.9. The summed E-state index contributed by atoms with van der Waals surface area (Å²) in [5, 5.41) is 0. The van der Waals surface area contributed by atoms with Crippen LogP contribution in [0.1, 0.15) is 47.0 Å². The highest BCUT2D eigenvalue weighted by molar-refractivity contribution is 5.66. The van der Waals surface area contributed by atoms with Crippen molar-refractivity contribution < 1.29 is 4.79 Å². The SMILES string of the molecule is C=C1CCCC(C)(C)C1/C=C/C(C)=C/C=C/C(C)=C/C=O. The number of carbonyl (C=O) groups is 1. The number of hydrogen-bond acceptors (Lipinski definition) is 1. The Kier molecular flexibility index (Phi) is 6.61. The van der Waals surface area contributed by atoms with Crippen molar-refractivity contribution in [2.45, 2.75) is 47.0 Å². The van der Waals surface area contributed by atoms with Crippen LogP contribution in [0.4, 0.5) is 0 Å². The fourth-order valence-corrected chi connectivity index (χ4v) is 2.85. The normalized spacial score (nSPS) is 24.0. The molecule has 0 spiro atoms. The van der Waals surface area contributed by atoms with E-state index in [1.807, 2.05) is 19.1 Å². The predicted molar refractivity (Wildman–Crippen MR) is 92.1 cm³/mol. The number of carbonyl (C=O) groups excluding carboxylic acids is 1. The summed E-state index contributed by atoms with van der Waals surface area (Å²) >= 11 is 0. The molecular weight excluding hydrogens is 256 g/mol. The van der Waals surface area contributed by atoms with Crippen molar-refractivity contribution in [1.82, 2.24) is 0 Å². The quantitative estimate of drug-likeness (QED) is 0.279. The Morgan fingerprint density at radius 2 is 1.86 bits per heavy atom. The van der Waals surface area contributed by atoms with Gasteiger partial charge < -0.3 is 0 Å². The van der Waals surface area contributed by atoms with Crippen molar-refractivity contribution in [3.05, 3.63) is 59.8 Å². The molecule has 0 radical (unpaired) electrons. The average molecular weight is 284 g/mol. The number of aldehydes is 1. The summed E-state index contributed by atoms with van der Waals surface area (Å²) in [7, 11) is 0. The van der Waals surface area contributed by atoms with Gasteiger partial charge in [-0.25, -0.2) is 0 Å². The first-order valence-electron chi connectivity index (χ1n) is 7.70. The van der Waals surface area contributed by atoms with Crippen LogP contribution in [0.15, 0.2) is 59.8 Å². The molecule has 0 amide bonds. The van der Waals surface area contributed by atoms with Crippen LogP contribution in [0.25, 0.3) is 0 Å². The molecule has 1 heteroatoms. The molecule has 1 atom stereocenters. The molecule has 0 N–H and O–H groups in total. The van der Waals surface area contributed by atoms with Crippen LogP contribution >= 0.6 is 0 Å². The molecule has 1 aliphatic rings. The second-order valence-corrected chi connectivity index (χ2v) is 6.65. The van der Waals surface area contributed by atoms with E-state index in [1.165, 1.54) is 24.0 Å². The van der Waals surface area contributed by atoms with Crippen molar-refractivity contribution >= 4 is 6.29 Å². The van der Waals surface area contributed by atoms with Crippen molar-refractivity contribution in [1.29, 1.82) is 0 Å². The standard InChI is InChI=1S/C20H28O/c1-16(8-6-9-17(2)13-15-21)11-12-19-18(3)10-7-14-20(19,4)5/h6,8-9,11-13,15,19H,3,7,10,14H2,1-2,4-5H3/b9-6+,12-11+,16-8+,17-13+. The van der Waals surface area contributed by atoms with Crippen LogP contribution in [0, 0.1) is 11.3 Å². The van der Waals surface area contributed by atoms with Crippen molar-refractivity contribution in [2.24, 2.45) is 11.3 Å². The Labute approximate surface area is 129 Å². The van der Waals surface area contributed by atoms with E-state index in [1.54, 1.807) is 6.08 Å². The van der Waals surface area contributed by atoms with E-state index in [-0.39, 0.29) is 0 Å². The lowest BCUT2D eigenvalue weighted by molar-refractivity contribution is -0.104. The molecule has 1 rings (SSSR count). The summed E-state index contributed by atoms with van der Waals surface area (Å²) in [6.07, 6.45) is 16.5. The van der Waals surface area contributed by atoms with Gasteiger partial charge in [-0.1, -0.05) is 62.0 Å². The molecule has 0 aliphatic heterocycles. The van der Waals surface area contributed by atoms with Crippen LogP contribution in [0.5, 0.6) is 0 Å². The first-order valence-corrected chi connectivity index (χ1v) is 7.70. The van der Waals surface area contributed by atoms with E-state index in [0.717, 1.165) is 18.3 Å². The van der Waals surface area contributed by atoms with E-state index in [4.69, 9.17) is 0 Å². The van der Waals surface area contributed by atoms with E-state index in [9.17, 15) is 4.79 Å². The Balaban J connectivity index is 2.72. The predicted octanol–water partition coefficient (Wildman–Crippen LogP) is 5.57. The Bertz CT molecular complexity index is 498. The molecule has 0 aromatic rings. The van der Waals surface area contributed by atoms with E-state index >= 15 is 0 Å². The van der Waals surface area contributed by atoms with E-state index < -0.39 is 0 Å². The van der Waals surface area contributed by atoms with Gasteiger partial charge in [-0.05, 0) is 50.2 Å². The highest BCUT2D eigenvalue weighted by Gasteiger charge is 2.32. The summed E-state index contributed by atoms with van der Waals surface area (Å²) in [6.45, 7) is 12.9. The fourth-order valence-electron chi connectivity index (χ4n) is 2.85. The molecule has 114 valence electrons. The van der Waals surface area contributed by atoms with Gasteiger partial charge in [-0.3, -0.25) is 4.79 Å². The second kappa shape index (κ2) is 7.97. The van der Waals surface area contributed by atoms with Gasteiger partial charge in [0, 0.05) is 5.92 Å². The first-order chi connectivity index (χ1) is 9.86. The second-order valence-electron chi connectivity index (χ2n) is 6.65. The molecular formula is C20H28O. The molecule has 1 aliphatic carbocycles. The minimum absolute atomic E-state index is 0.311. The third kappa shape index (κ3) is 5.71. The zero-order valence-corrected chi connectivity index (χ0v) is 13.9. The largest absolute Gasteiger partial charge is 0.299 e. The Morgan fingerprint density at radius 1 is 1.19 bits per heavy atom. The minimum Gasteiger partial charge on any atom is -0.299 e. The van der Waals surface area contributed by atoms with Gasteiger partial charge >= 0.3 is 0 Å². The number of hydrogen-bond donors (Lipinski definition) is 0. The molecule has 0 aromatic carbocycles. The molecule has 1 saturated carbocycles. The molecule has 21 heavy (non-hydrogen) atoms. The van der Waals surface area contributed by atoms with Gasteiger partial charge in [0.25, 0.3) is 0 Å². The smallest absolute Gasteiger partial charge is 0.143 e. The summed E-state index contributed by atoms with van der Waals surface area (Å²) in [5.74, 6) is 0.468. The maximum absolute atomic E-state index is 10.3. The van der Waals surface area contributed by atoms with Crippen molar-refractivity contribution in [2.75, 3.05) is 0 Å². The maximum Gasteiger partial charge on any atom is 0.143 e. The molecule has 0 bridgehead atoms. The Hall–Kier alpha value is -1.63. The van der Waals surface area contributed by atoms with Crippen molar-refractivity contribution in [3.8, 4) is 0 Å². The molecule has 1 fully saturated rings. The third-order valence-corrected chi connectivity index (χ3v) is 4.20. The van der Waals surface area contributed by atoms with E-state index in [2.05, 4.69) is 45.6 Å². The van der Waals surface area contributed by atoms with Crippen LogP contribution in [-0.4, -0.2) is 6.29 Å². The minimum atomic E-state index is 0.311. The van der Waals surface area contributed by atoms with Gasteiger partial charge in [0.2, 0.25) is 0 Å². The molecule has 1 nitrogen and oxygen atoms in total. The van der Waals surface area contributed by atoms with Crippen LogP contribution < -0.4 is 0 Å². The summed E-state index contributed by atoms with van der Waals surface area (Å²) in [5.41, 5.74) is 3.83.